The number of amides is 3. The first-order valence-electron chi connectivity index (χ1n) is 8.46. The minimum atomic E-state index is -0.638. The van der Waals surface area contributed by atoms with E-state index in [1.165, 1.54) is 18.0 Å². The van der Waals surface area contributed by atoms with Crippen LogP contribution in [0.4, 0.5) is 9.59 Å². The Bertz CT molecular complexity index is 531. The number of rotatable bonds is 6. The van der Waals surface area contributed by atoms with E-state index in [-0.39, 0.29) is 38.3 Å². The van der Waals surface area contributed by atoms with Gasteiger partial charge in [-0.3, -0.25) is 4.79 Å². The van der Waals surface area contributed by atoms with Crippen molar-refractivity contribution in [3.8, 4) is 0 Å². The van der Waals surface area contributed by atoms with Crippen LogP contribution in [0.3, 0.4) is 0 Å². The van der Waals surface area contributed by atoms with Gasteiger partial charge in [-0.05, 0) is 27.2 Å². The van der Waals surface area contributed by atoms with E-state index in [0.29, 0.717) is 6.42 Å². The molecule has 148 valence electrons. The van der Waals surface area contributed by atoms with Crippen LogP contribution in [-0.4, -0.2) is 84.0 Å². The smallest absolute Gasteiger partial charge is 0.410 e. The van der Waals surface area contributed by atoms with E-state index in [1.54, 1.807) is 20.8 Å². The van der Waals surface area contributed by atoms with Crippen LogP contribution in [0.2, 0.25) is 0 Å². The Kier molecular flexibility index (Phi) is 7.88. The van der Waals surface area contributed by atoms with E-state index >= 15 is 0 Å². The lowest BCUT2D eigenvalue weighted by Crippen LogP contribution is -2.45. The van der Waals surface area contributed by atoms with Gasteiger partial charge in [0.15, 0.2) is 0 Å². The molecule has 0 saturated carbocycles. The van der Waals surface area contributed by atoms with Crippen molar-refractivity contribution in [2.45, 2.75) is 44.9 Å². The molecular formula is C17H29N3O6. The van der Waals surface area contributed by atoms with Crippen LogP contribution in [0.1, 0.15) is 27.2 Å². The summed E-state index contributed by atoms with van der Waals surface area (Å²) in [6.45, 7) is 8.59. The fourth-order valence-electron chi connectivity index (χ4n) is 2.57. The first-order valence-corrected chi connectivity index (χ1v) is 8.46. The van der Waals surface area contributed by atoms with Crippen LogP contribution in [0.5, 0.6) is 0 Å². The van der Waals surface area contributed by atoms with Crippen LogP contribution >= 0.6 is 0 Å². The standard InChI is InChI=1S/C17H29N3O6/c1-6-7-25-16(24)19(5)10-14(22)20-9-12(8-13(20)11-21)18-15(23)26-17(2,3)4/h6,12-13,21H,1,7-11H2,2-5H3,(H,18,23)/t12-,13+/m1/s1. The number of carbonyl (C=O) groups excluding carboxylic acids is 3. The lowest BCUT2D eigenvalue weighted by atomic mass is 10.2. The van der Waals surface area contributed by atoms with Gasteiger partial charge in [-0.2, -0.15) is 0 Å². The van der Waals surface area contributed by atoms with Crippen LogP contribution in [-0.2, 0) is 14.3 Å². The van der Waals surface area contributed by atoms with Crippen molar-refractivity contribution in [3.05, 3.63) is 12.7 Å². The molecule has 0 bridgehead atoms. The Balaban J connectivity index is 2.60. The Hall–Kier alpha value is -2.29. The molecule has 2 atom stereocenters. The van der Waals surface area contributed by atoms with Gasteiger partial charge in [-0.25, -0.2) is 9.59 Å². The molecule has 1 heterocycles. The van der Waals surface area contributed by atoms with E-state index in [1.807, 2.05) is 0 Å². The van der Waals surface area contributed by atoms with Gasteiger partial charge in [-0.1, -0.05) is 12.7 Å². The summed E-state index contributed by atoms with van der Waals surface area (Å²) in [7, 11) is 1.45. The van der Waals surface area contributed by atoms with E-state index in [9.17, 15) is 19.5 Å². The predicted octanol–water partition coefficient (Wildman–Crippen LogP) is 0.727. The van der Waals surface area contributed by atoms with E-state index < -0.39 is 23.8 Å². The van der Waals surface area contributed by atoms with E-state index in [2.05, 4.69) is 11.9 Å². The maximum atomic E-state index is 12.5. The number of hydrogen-bond donors (Lipinski definition) is 2. The van der Waals surface area contributed by atoms with Crippen molar-refractivity contribution in [3.63, 3.8) is 0 Å². The monoisotopic (exact) mass is 371 g/mol. The van der Waals surface area contributed by atoms with E-state index in [4.69, 9.17) is 9.47 Å². The van der Waals surface area contributed by atoms with Gasteiger partial charge in [0, 0.05) is 13.6 Å². The summed E-state index contributed by atoms with van der Waals surface area (Å²) >= 11 is 0. The number of hydrogen-bond acceptors (Lipinski definition) is 6. The van der Waals surface area contributed by atoms with Crippen molar-refractivity contribution in [2.24, 2.45) is 0 Å². The third-order valence-corrected chi connectivity index (χ3v) is 3.68. The maximum absolute atomic E-state index is 12.5. The highest BCUT2D eigenvalue weighted by molar-refractivity contribution is 5.83. The van der Waals surface area contributed by atoms with E-state index in [0.717, 1.165) is 4.90 Å². The topological polar surface area (TPSA) is 108 Å². The molecule has 1 saturated heterocycles. The maximum Gasteiger partial charge on any atom is 0.410 e. The molecule has 0 radical (unpaired) electrons. The summed E-state index contributed by atoms with van der Waals surface area (Å²) in [6, 6.07) is -0.760. The second-order valence-corrected chi connectivity index (χ2v) is 7.18. The number of nitrogens with zero attached hydrogens (tertiary/aromatic N) is 2. The van der Waals surface area contributed by atoms with Gasteiger partial charge in [0.05, 0.1) is 18.7 Å². The zero-order valence-electron chi connectivity index (χ0n) is 15.9. The largest absolute Gasteiger partial charge is 0.445 e. The lowest BCUT2D eigenvalue weighted by Gasteiger charge is -2.25. The number of likely N-dealkylation sites (tertiary alicyclic amines) is 1. The van der Waals surface area contributed by atoms with Crippen LogP contribution in [0.25, 0.3) is 0 Å². The summed E-state index contributed by atoms with van der Waals surface area (Å²) in [5.74, 6) is -0.337. The Labute approximate surface area is 153 Å². The Morgan fingerprint density at radius 3 is 2.58 bits per heavy atom. The van der Waals surface area contributed by atoms with Gasteiger partial charge >= 0.3 is 12.2 Å². The van der Waals surface area contributed by atoms with Crippen molar-refractivity contribution in [1.82, 2.24) is 15.1 Å². The molecule has 0 aromatic heterocycles. The third-order valence-electron chi connectivity index (χ3n) is 3.68. The highest BCUT2D eigenvalue weighted by Gasteiger charge is 2.36. The molecule has 0 unspecified atom stereocenters. The van der Waals surface area contributed by atoms with Crippen LogP contribution in [0, 0.1) is 0 Å². The lowest BCUT2D eigenvalue weighted by molar-refractivity contribution is -0.133. The molecule has 1 aliphatic rings. The van der Waals surface area contributed by atoms with Crippen LogP contribution in [0.15, 0.2) is 12.7 Å². The minimum absolute atomic E-state index is 0.0578. The average Bonchev–Trinajstić information content (AvgIpc) is 2.93. The molecule has 0 aromatic carbocycles. The van der Waals surface area contributed by atoms with Gasteiger partial charge in [0.1, 0.15) is 18.8 Å². The molecule has 1 aliphatic heterocycles. The summed E-state index contributed by atoms with van der Waals surface area (Å²) in [6.07, 6.45) is 0.634. The molecule has 0 aliphatic carbocycles. The van der Waals surface area contributed by atoms with Gasteiger partial charge in [0.25, 0.3) is 0 Å². The Morgan fingerprint density at radius 1 is 1.38 bits per heavy atom. The summed E-state index contributed by atoms with van der Waals surface area (Å²) < 4.78 is 10.1. The number of nitrogens with one attached hydrogen (secondary N) is 1. The minimum Gasteiger partial charge on any atom is -0.445 e. The zero-order valence-corrected chi connectivity index (χ0v) is 15.9. The number of likely N-dealkylation sites (N-methyl/N-ethyl adjacent to an activating group) is 1. The first-order chi connectivity index (χ1) is 12.1. The summed E-state index contributed by atoms with van der Waals surface area (Å²) in [5, 5.41) is 12.2. The van der Waals surface area contributed by atoms with Crippen LogP contribution < -0.4 is 5.32 Å². The molecule has 1 rings (SSSR count). The number of aliphatic hydroxyl groups excluding tert-OH is 1. The summed E-state index contributed by atoms with van der Waals surface area (Å²) in [5.41, 5.74) is -0.622. The molecule has 1 fully saturated rings. The molecule has 26 heavy (non-hydrogen) atoms. The van der Waals surface area contributed by atoms with Gasteiger partial charge in [-0.15, -0.1) is 0 Å². The fraction of sp³-hybridized carbons (Fsp3) is 0.706. The number of aliphatic hydroxyl groups is 1. The molecule has 0 spiro atoms. The number of ether oxygens (including phenoxy) is 2. The van der Waals surface area contributed by atoms with Crippen molar-refractivity contribution in [2.75, 3.05) is 33.4 Å². The zero-order chi connectivity index (χ0) is 19.9. The Morgan fingerprint density at radius 2 is 2.04 bits per heavy atom. The quantitative estimate of drug-likeness (QED) is 0.666. The average molecular weight is 371 g/mol. The number of carbonyl (C=O) groups is 3. The molecular weight excluding hydrogens is 342 g/mol. The third kappa shape index (κ3) is 6.91. The highest BCUT2D eigenvalue weighted by Crippen LogP contribution is 2.19. The van der Waals surface area contributed by atoms with Crippen molar-refractivity contribution in [1.29, 1.82) is 0 Å². The predicted molar refractivity (Wildman–Crippen MR) is 94.5 cm³/mol. The molecule has 3 amide bonds. The molecule has 9 heteroatoms. The van der Waals surface area contributed by atoms with Crippen molar-refractivity contribution >= 4 is 18.1 Å². The molecule has 2 N–H and O–H groups in total. The van der Waals surface area contributed by atoms with Gasteiger partial charge < -0.3 is 29.7 Å². The fourth-order valence-corrected chi connectivity index (χ4v) is 2.57. The highest BCUT2D eigenvalue weighted by atomic mass is 16.6. The SMILES string of the molecule is C=CCOC(=O)N(C)CC(=O)N1C[C@H](NC(=O)OC(C)(C)C)C[C@H]1CO. The molecule has 0 aromatic rings. The van der Waals surface area contributed by atoms with Crippen molar-refractivity contribution < 1.29 is 29.0 Å². The second kappa shape index (κ2) is 9.42. The summed E-state index contributed by atoms with van der Waals surface area (Å²) in [4.78, 5) is 38.7. The first kappa shape index (κ1) is 21.8. The number of alkyl carbamates (subject to hydrolysis) is 1. The second-order valence-electron chi connectivity index (χ2n) is 7.18. The molecule has 9 nitrogen and oxygen atoms in total. The van der Waals surface area contributed by atoms with Gasteiger partial charge in [0.2, 0.25) is 5.91 Å². The normalized spacial score (nSPS) is 19.7.